The maximum atomic E-state index is 12.8. The Bertz CT molecular complexity index is 448. The Balaban J connectivity index is 2.23. The summed E-state index contributed by atoms with van der Waals surface area (Å²) in [6.07, 6.45) is 0.433. The lowest BCUT2D eigenvalue weighted by molar-refractivity contribution is -0.137. The molecule has 5 nitrogen and oxygen atoms in total. The van der Waals surface area contributed by atoms with Crippen molar-refractivity contribution in [3.63, 3.8) is 0 Å². The van der Waals surface area contributed by atoms with Crippen LogP contribution in [0.25, 0.3) is 0 Å². The quantitative estimate of drug-likeness (QED) is 0.670. The van der Waals surface area contributed by atoms with E-state index < -0.39 is 5.97 Å². The van der Waals surface area contributed by atoms with E-state index in [0.717, 1.165) is 5.56 Å². The molecule has 0 aliphatic carbocycles. The summed E-state index contributed by atoms with van der Waals surface area (Å²) in [7, 11) is 0. The molecule has 1 aromatic carbocycles. The number of amides is 2. The first-order valence-corrected chi connectivity index (χ1v) is 6.48. The molecule has 0 fully saturated rings. The fourth-order valence-corrected chi connectivity index (χ4v) is 1.66. The molecule has 110 valence electrons. The molecule has 2 amide bonds. The first-order valence-electron chi connectivity index (χ1n) is 6.48. The summed E-state index contributed by atoms with van der Waals surface area (Å²) < 4.78 is 12.8. The Hall–Kier alpha value is -2.11. The number of nitrogens with one attached hydrogen (secondary N) is 2. The highest BCUT2D eigenvalue weighted by atomic mass is 19.1. The molecular formula is C14H19FN2O3. The van der Waals surface area contributed by atoms with E-state index in [2.05, 4.69) is 10.6 Å². The molecule has 0 aromatic heterocycles. The van der Waals surface area contributed by atoms with Gasteiger partial charge in [0.1, 0.15) is 5.82 Å². The number of hydrogen-bond donors (Lipinski definition) is 3. The third-order valence-electron chi connectivity index (χ3n) is 2.86. The number of rotatable bonds is 7. The van der Waals surface area contributed by atoms with E-state index in [4.69, 9.17) is 5.11 Å². The van der Waals surface area contributed by atoms with Crippen molar-refractivity contribution >= 4 is 12.0 Å². The predicted molar refractivity (Wildman–Crippen MR) is 73.1 cm³/mol. The van der Waals surface area contributed by atoms with Gasteiger partial charge in [0.05, 0.1) is 0 Å². The molecule has 0 spiro atoms. The van der Waals surface area contributed by atoms with Crippen molar-refractivity contribution in [3.8, 4) is 0 Å². The first kappa shape index (κ1) is 15.9. The molecule has 20 heavy (non-hydrogen) atoms. The molecular weight excluding hydrogens is 263 g/mol. The molecule has 0 bridgehead atoms. The lowest BCUT2D eigenvalue weighted by Crippen LogP contribution is -2.38. The lowest BCUT2D eigenvalue weighted by atomic mass is 10.0. The van der Waals surface area contributed by atoms with Crippen LogP contribution in [0.2, 0.25) is 0 Å². The van der Waals surface area contributed by atoms with Gasteiger partial charge in [-0.1, -0.05) is 19.1 Å². The van der Waals surface area contributed by atoms with E-state index in [1.165, 1.54) is 12.1 Å². The van der Waals surface area contributed by atoms with Crippen molar-refractivity contribution in [2.24, 2.45) is 0 Å². The molecule has 0 heterocycles. The van der Waals surface area contributed by atoms with E-state index in [1.54, 1.807) is 12.1 Å². The highest BCUT2D eigenvalue weighted by Gasteiger charge is 2.07. The minimum Gasteiger partial charge on any atom is -0.481 e. The van der Waals surface area contributed by atoms with Gasteiger partial charge in [0.25, 0.3) is 0 Å². The van der Waals surface area contributed by atoms with Crippen molar-refractivity contribution in [1.29, 1.82) is 0 Å². The van der Waals surface area contributed by atoms with Crippen LogP contribution >= 0.6 is 0 Å². The van der Waals surface area contributed by atoms with E-state index in [0.29, 0.717) is 19.5 Å². The molecule has 6 heteroatoms. The lowest BCUT2D eigenvalue weighted by Gasteiger charge is -2.13. The predicted octanol–water partition coefficient (Wildman–Crippen LogP) is 2.09. The minimum atomic E-state index is -0.878. The number of aliphatic carboxylic acids is 1. The maximum absolute atomic E-state index is 12.8. The fourth-order valence-electron chi connectivity index (χ4n) is 1.66. The second-order valence-electron chi connectivity index (χ2n) is 4.59. The summed E-state index contributed by atoms with van der Waals surface area (Å²) >= 11 is 0. The Morgan fingerprint density at radius 3 is 2.50 bits per heavy atom. The molecule has 0 saturated heterocycles. The Morgan fingerprint density at radius 2 is 1.90 bits per heavy atom. The first-order chi connectivity index (χ1) is 9.49. The van der Waals surface area contributed by atoms with Crippen LogP contribution in [0.5, 0.6) is 0 Å². The van der Waals surface area contributed by atoms with Gasteiger partial charge < -0.3 is 15.7 Å². The average Bonchev–Trinajstić information content (AvgIpc) is 2.41. The van der Waals surface area contributed by atoms with E-state index in [-0.39, 0.29) is 24.2 Å². The fraction of sp³-hybridized carbons (Fsp3) is 0.429. The zero-order valence-electron chi connectivity index (χ0n) is 11.4. The highest BCUT2D eigenvalue weighted by Crippen LogP contribution is 2.14. The number of carbonyl (C=O) groups is 2. The normalized spacial score (nSPS) is 11.7. The molecule has 1 rings (SSSR count). The van der Waals surface area contributed by atoms with Crippen LogP contribution in [0.3, 0.4) is 0 Å². The van der Waals surface area contributed by atoms with Gasteiger partial charge in [-0.05, 0) is 30.0 Å². The second kappa shape index (κ2) is 8.14. The van der Waals surface area contributed by atoms with Crippen LogP contribution in [-0.2, 0) is 4.79 Å². The molecule has 1 atom stereocenters. The molecule has 3 N–H and O–H groups in total. The summed E-state index contributed by atoms with van der Waals surface area (Å²) in [5, 5.41) is 13.7. The number of carboxylic acids is 1. The molecule has 0 aliphatic heterocycles. The van der Waals surface area contributed by atoms with Crippen molar-refractivity contribution in [2.45, 2.75) is 25.7 Å². The second-order valence-corrected chi connectivity index (χ2v) is 4.59. The van der Waals surface area contributed by atoms with Gasteiger partial charge in [-0.15, -0.1) is 0 Å². The summed E-state index contributed by atoms with van der Waals surface area (Å²) in [4.78, 5) is 21.7. The van der Waals surface area contributed by atoms with E-state index >= 15 is 0 Å². The number of halogens is 1. The van der Waals surface area contributed by atoms with Crippen LogP contribution in [0.15, 0.2) is 24.3 Å². The van der Waals surface area contributed by atoms with Crippen LogP contribution in [0, 0.1) is 5.82 Å². The maximum Gasteiger partial charge on any atom is 0.314 e. The number of urea groups is 1. The zero-order chi connectivity index (χ0) is 15.0. The molecule has 0 aliphatic rings. The van der Waals surface area contributed by atoms with Gasteiger partial charge in [0.2, 0.25) is 0 Å². The van der Waals surface area contributed by atoms with Crippen LogP contribution < -0.4 is 10.6 Å². The van der Waals surface area contributed by atoms with Gasteiger partial charge in [0, 0.05) is 19.5 Å². The van der Waals surface area contributed by atoms with Crippen molar-refractivity contribution in [1.82, 2.24) is 10.6 Å². The number of carbonyl (C=O) groups excluding carboxylic acids is 1. The number of carboxylic acid groups (broad SMARTS) is 1. The summed E-state index contributed by atoms with van der Waals surface area (Å²) in [6, 6.07) is 5.82. The number of hydrogen-bond acceptors (Lipinski definition) is 2. The monoisotopic (exact) mass is 282 g/mol. The topological polar surface area (TPSA) is 78.4 Å². The Labute approximate surface area is 117 Å². The van der Waals surface area contributed by atoms with Crippen molar-refractivity contribution < 1.29 is 19.1 Å². The van der Waals surface area contributed by atoms with E-state index in [9.17, 15) is 14.0 Å². The van der Waals surface area contributed by atoms with Crippen LogP contribution in [0.1, 0.15) is 31.2 Å². The van der Waals surface area contributed by atoms with Crippen molar-refractivity contribution in [2.75, 3.05) is 13.1 Å². The Kier molecular flexibility index (Phi) is 6.49. The smallest absolute Gasteiger partial charge is 0.314 e. The van der Waals surface area contributed by atoms with E-state index in [1.807, 2.05) is 6.92 Å². The third kappa shape index (κ3) is 6.17. The van der Waals surface area contributed by atoms with Gasteiger partial charge >= 0.3 is 12.0 Å². The SMILES string of the molecule is CC(CNC(=O)NCCCC(=O)O)c1ccc(F)cc1. The summed E-state index contributed by atoms with van der Waals surface area (Å²) in [5.74, 6) is -1.09. The third-order valence-corrected chi connectivity index (χ3v) is 2.86. The summed E-state index contributed by atoms with van der Waals surface area (Å²) in [5.41, 5.74) is 0.942. The average molecular weight is 282 g/mol. The van der Waals surface area contributed by atoms with Gasteiger partial charge in [0.15, 0.2) is 0 Å². The largest absolute Gasteiger partial charge is 0.481 e. The minimum absolute atomic E-state index is 0.0340. The molecule has 1 unspecified atom stereocenters. The standard InChI is InChI=1S/C14H19FN2O3/c1-10(11-4-6-12(15)7-5-11)9-17-14(20)16-8-2-3-13(18)19/h4-7,10H,2-3,8-9H2,1H3,(H,18,19)(H2,16,17,20). The van der Waals surface area contributed by atoms with Gasteiger partial charge in [-0.25, -0.2) is 9.18 Å². The molecule has 1 aromatic rings. The van der Waals surface area contributed by atoms with Crippen molar-refractivity contribution in [3.05, 3.63) is 35.6 Å². The van der Waals surface area contributed by atoms with Crippen LogP contribution in [-0.4, -0.2) is 30.2 Å². The summed E-state index contributed by atoms with van der Waals surface area (Å²) in [6.45, 7) is 2.68. The highest BCUT2D eigenvalue weighted by molar-refractivity contribution is 5.74. The van der Waals surface area contributed by atoms with Crippen LogP contribution in [0.4, 0.5) is 9.18 Å². The van der Waals surface area contributed by atoms with Gasteiger partial charge in [-0.3, -0.25) is 4.79 Å². The molecule has 0 radical (unpaired) electrons. The zero-order valence-corrected chi connectivity index (χ0v) is 11.4. The number of benzene rings is 1. The van der Waals surface area contributed by atoms with Gasteiger partial charge in [-0.2, -0.15) is 0 Å². The molecule has 0 saturated carbocycles. The Morgan fingerprint density at radius 1 is 1.25 bits per heavy atom.